The number of ether oxygens (including phenoxy) is 2. The average Bonchev–Trinajstić information content (AvgIpc) is 2.45. The molecule has 0 atom stereocenters. The van der Waals surface area contributed by atoms with Gasteiger partial charge in [0.15, 0.2) is 0 Å². The van der Waals surface area contributed by atoms with Gasteiger partial charge in [-0.05, 0) is 18.2 Å². The smallest absolute Gasteiger partial charge is 0.307 e. The third-order valence-electron chi connectivity index (χ3n) is 2.78. The minimum absolute atomic E-state index is 0.0719. The zero-order chi connectivity index (χ0) is 15.8. The molecule has 116 valence electrons. The molecule has 1 aromatic rings. The van der Waals surface area contributed by atoms with E-state index < -0.39 is 11.8 Å². The highest BCUT2D eigenvalue weighted by atomic mass is 79.9. The number of halogens is 2. The van der Waals surface area contributed by atoms with E-state index >= 15 is 0 Å². The van der Waals surface area contributed by atoms with Gasteiger partial charge in [-0.1, -0.05) is 15.9 Å². The monoisotopic (exact) mass is 361 g/mol. The Labute approximate surface area is 131 Å². The highest BCUT2D eigenvalue weighted by molar-refractivity contribution is 9.10. The number of hydrogen-bond acceptors (Lipinski definition) is 4. The molecule has 0 aliphatic heterocycles. The summed E-state index contributed by atoms with van der Waals surface area (Å²) in [6.45, 7) is 0.812. The van der Waals surface area contributed by atoms with Crippen LogP contribution in [0.2, 0.25) is 0 Å². The predicted octanol–water partition coefficient (Wildman–Crippen LogP) is 2.24. The number of esters is 1. The van der Waals surface area contributed by atoms with Gasteiger partial charge in [-0.25, -0.2) is 4.39 Å². The van der Waals surface area contributed by atoms with Gasteiger partial charge in [0, 0.05) is 30.2 Å². The first-order chi connectivity index (χ1) is 9.97. The SMILES string of the molecule is COCCN(CCC(=O)OC)C(=O)c1cc(F)cc(Br)c1. The second kappa shape index (κ2) is 8.74. The van der Waals surface area contributed by atoms with Crippen LogP contribution in [0.25, 0.3) is 0 Å². The number of carbonyl (C=O) groups excluding carboxylic acids is 2. The number of methoxy groups -OCH3 is 2. The van der Waals surface area contributed by atoms with Gasteiger partial charge in [0.2, 0.25) is 0 Å². The van der Waals surface area contributed by atoms with Gasteiger partial charge in [-0.15, -0.1) is 0 Å². The summed E-state index contributed by atoms with van der Waals surface area (Å²) in [6, 6.07) is 3.96. The molecule has 0 aromatic heterocycles. The van der Waals surface area contributed by atoms with E-state index in [0.29, 0.717) is 17.6 Å². The van der Waals surface area contributed by atoms with E-state index in [9.17, 15) is 14.0 Å². The van der Waals surface area contributed by atoms with Crippen LogP contribution in [0, 0.1) is 5.82 Å². The number of hydrogen-bond donors (Lipinski definition) is 0. The standard InChI is InChI=1S/C14H17BrFNO4/c1-20-6-5-17(4-3-13(18)21-2)14(19)10-7-11(15)9-12(16)8-10/h7-9H,3-6H2,1-2H3. The number of carbonyl (C=O) groups is 2. The van der Waals surface area contributed by atoms with Crippen LogP contribution >= 0.6 is 15.9 Å². The normalized spacial score (nSPS) is 10.3. The molecule has 7 heteroatoms. The lowest BCUT2D eigenvalue weighted by Gasteiger charge is -2.22. The average molecular weight is 362 g/mol. The van der Waals surface area contributed by atoms with Crippen LogP contribution in [0.1, 0.15) is 16.8 Å². The van der Waals surface area contributed by atoms with Crippen LogP contribution in [0.15, 0.2) is 22.7 Å². The zero-order valence-electron chi connectivity index (χ0n) is 11.9. The Morgan fingerprint density at radius 3 is 2.52 bits per heavy atom. The summed E-state index contributed by atoms with van der Waals surface area (Å²) in [4.78, 5) is 25.0. The van der Waals surface area contributed by atoms with Crippen molar-refractivity contribution in [2.45, 2.75) is 6.42 Å². The molecule has 21 heavy (non-hydrogen) atoms. The molecule has 0 heterocycles. The Morgan fingerprint density at radius 2 is 1.95 bits per heavy atom. The first-order valence-corrected chi connectivity index (χ1v) is 7.08. The van der Waals surface area contributed by atoms with E-state index in [1.54, 1.807) is 0 Å². The van der Waals surface area contributed by atoms with Crippen LogP contribution < -0.4 is 0 Å². The van der Waals surface area contributed by atoms with Crippen LogP contribution in [0.5, 0.6) is 0 Å². The fraction of sp³-hybridized carbons (Fsp3) is 0.429. The highest BCUT2D eigenvalue weighted by Gasteiger charge is 2.18. The first kappa shape index (κ1) is 17.6. The van der Waals surface area contributed by atoms with Crippen LogP contribution in [0.3, 0.4) is 0 Å². The quantitative estimate of drug-likeness (QED) is 0.699. The van der Waals surface area contributed by atoms with Crippen LogP contribution in [-0.2, 0) is 14.3 Å². The lowest BCUT2D eigenvalue weighted by molar-refractivity contribution is -0.140. The molecule has 0 aliphatic carbocycles. The Bertz CT molecular complexity index is 489. The lowest BCUT2D eigenvalue weighted by Crippen LogP contribution is -2.35. The number of benzene rings is 1. The summed E-state index contributed by atoms with van der Waals surface area (Å²) >= 11 is 3.15. The molecule has 0 radical (unpaired) electrons. The summed E-state index contributed by atoms with van der Waals surface area (Å²) in [5.41, 5.74) is 0.211. The number of rotatable bonds is 7. The maximum Gasteiger partial charge on any atom is 0.307 e. The van der Waals surface area contributed by atoms with E-state index in [1.165, 1.54) is 31.3 Å². The minimum atomic E-state index is -0.507. The molecular formula is C14H17BrFNO4. The summed E-state index contributed by atoms with van der Waals surface area (Å²) in [7, 11) is 2.80. The van der Waals surface area contributed by atoms with Crippen molar-refractivity contribution in [3.8, 4) is 0 Å². The third kappa shape index (κ3) is 5.81. The largest absolute Gasteiger partial charge is 0.469 e. The second-order valence-electron chi connectivity index (χ2n) is 4.27. The topological polar surface area (TPSA) is 55.8 Å². The van der Waals surface area contributed by atoms with E-state index in [0.717, 1.165) is 6.07 Å². The van der Waals surface area contributed by atoms with Crippen molar-refractivity contribution >= 4 is 27.8 Å². The minimum Gasteiger partial charge on any atom is -0.469 e. The van der Waals surface area contributed by atoms with Crippen LogP contribution in [-0.4, -0.2) is 50.7 Å². The highest BCUT2D eigenvalue weighted by Crippen LogP contribution is 2.16. The lowest BCUT2D eigenvalue weighted by atomic mass is 10.2. The fourth-order valence-corrected chi connectivity index (χ4v) is 2.17. The van der Waals surface area contributed by atoms with E-state index in [4.69, 9.17) is 4.74 Å². The number of nitrogens with zero attached hydrogens (tertiary/aromatic N) is 1. The molecule has 0 saturated carbocycles. The van der Waals surface area contributed by atoms with Crippen molar-refractivity contribution in [2.24, 2.45) is 0 Å². The maximum atomic E-state index is 13.4. The van der Waals surface area contributed by atoms with Gasteiger partial charge in [-0.2, -0.15) is 0 Å². The molecule has 1 rings (SSSR count). The van der Waals surface area contributed by atoms with Crippen molar-refractivity contribution in [3.63, 3.8) is 0 Å². The van der Waals surface area contributed by atoms with Crippen molar-refractivity contribution < 1.29 is 23.5 Å². The van der Waals surface area contributed by atoms with Crippen molar-refractivity contribution in [3.05, 3.63) is 34.1 Å². The molecule has 0 saturated heterocycles. The van der Waals surface area contributed by atoms with Crippen molar-refractivity contribution in [1.29, 1.82) is 0 Å². The molecule has 1 aromatic carbocycles. The summed E-state index contributed by atoms with van der Waals surface area (Å²) in [5.74, 6) is -1.28. The zero-order valence-corrected chi connectivity index (χ0v) is 13.5. The van der Waals surface area contributed by atoms with Gasteiger partial charge in [0.05, 0.1) is 20.1 Å². The molecule has 0 spiro atoms. The third-order valence-corrected chi connectivity index (χ3v) is 3.23. The molecule has 0 bridgehead atoms. The van der Waals surface area contributed by atoms with Crippen molar-refractivity contribution in [1.82, 2.24) is 4.90 Å². The second-order valence-corrected chi connectivity index (χ2v) is 5.18. The molecule has 0 aliphatic rings. The van der Waals surface area contributed by atoms with Gasteiger partial charge in [0.1, 0.15) is 5.82 Å². The van der Waals surface area contributed by atoms with Gasteiger partial charge in [-0.3, -0.25) is 9.59 Å². The van der Waals surface area contributed by atoms with Gasteiger partial charge >= 0.3 is 5.97 Å². The molecule has 0 unspecified atom stereocenters. The van der Waals surface area contributed by atoms with Crippen LogP contribution in [0.4, 0.5) is 4.39 Å². The summed E-state index contributed by atoms with van der Waals surface area (Å²) in [6.07, 6.45) is 0.0719. The van der Waals surface area contributed by atoms with E-state index in [2.05, 4.69) is 20.7 Å². The molecular weight excluding hydrogens is 345 g/mol. The molecule has 0 fully saturated rings. The molecule has 0 N–H and O–H groups in total. The summed E-state index contributed by atoms with van der Waals surface area (Å²) in [5, 5.41) is 0. The fourth-order valence-electron chi connectivity index (χ4n) is 1.70. The summed E-state index contributed by atoms with van der Waals surface area (Å²) < 4.78 is 23.3. The maximum absolute atomic E-state index is 13.4. The molecule has 1 amide bonds. The first-order valence-electron chi connectivity index (χ1n) is 6.29. The Morgan fingerprint density at radius 1 is 1.24 bits per heavy atom. The Balaban J connectivity index is 2.84. The Kier molecular flexibility index (Phi) is 7.31. The van der Waals surface area contributed by atoms with Crippen molar-refractivity contribution in [2.75, 3.05) is 33.9 Å². The number of amides is 1. The predicted molar refractivity (Wildman–Crippen MR) is 78.5 cm³/mol. The van der Waals surface area contributed by atoms with E-state index in [1.807, 2.05) is 0 Å². The molecule has 5 nitrogen and oxygen atoms in total. The van der Waals surface area contributed by atoms with Gasteiger partial charge in [0.25, 0.3) is 5.91 Å². The Hall–Kier alpha value is -1.47. The van der Waals surface area contributed by atoms with Gasteiger partial charge < -0.3 is 14.4 Å². The van der Waals surface area contributed by atoms with E-state index in [-0.39, 0.29) is 24.4 Å².